The number of nitrogens with one attached hydrogen (secondary N) is 1. The summed E-state index contributed by atoms with van der Waals surface area (Å²) in [7, 11) is 2.06. The van der Waals surface area contributed by atoms with E-state index in [0.29, 0.717) is 23.0 Å². The van der Waals surface area contributed by atoms with E-state index in [2.05, 4.69) is 17.3 Å². The van der Waals surface area contributed by atoms with Crippen molar-refractivity contribution in [3.63, 3.8) is 0 Å². The molecule has 6 nitrogen and oxygen atoms in total. The maximum Gasteiger partial charge on any atom is 0.261 e. The van der Waals surface area contributed by atoms with E-state index >= 15 is 0 Å². The first-order valence-electron chi connectivity index (χ1n) is 9.65. The zero-order valence-corrected chi connectivity index (χ0v) is 15.3. The summed E-state index contributed by atoms with van der Waals surface area (Å²) >= 11 is 0. The second-order valence-electron chi connectivity index (χ2n) is 7.58. The summed E-state index contributed by atoms with van der Waals surface area (Å²) in [6, 6.07) is 5.54. The van der Waals surface area contributed by atoms with Gasteiger partial charge in [0.25, 0.3) is 11.5 Å². The molecule has 1 fully saturated rings. The normalized spacial score (nSPS) is 19.1. The largest absolute Gasteiger partial charge is 0.349 e. The van der Waals surface area contributed by atoms with Crippen molar-refractivity contribution >= 4 is 16.8 Å². The molecule has 2 aromatic rings. The van der Waals surface area contributed by atoms with Crippen LogP contribution in [-0.4, -0.2) is 46.5 Å². The number of rotatable bonds is 2. The van der Waals surface area contributed by atoms with Crippen molar-refractivity contribution in [3.8, 4) is 0 Å². The Balaban J connectivity index is 1.64. The van der Waals surface area contributed by atoms with Crippen LogP contribution in [0.25, 0.3) is 10.9 Å². The number of carbonyl (C=O) groups is 1. The van der Waals surface area contributed by atoms with E-state index in [9.17, 15) is 9.59 Å². The zero-order valence-electron chi connectivity index (χ0n) is 15.3. The van der Waals surface area contributed by atoms with Gasteiger partial charge in [-0.15, -0.1) is 0 Å². The molecule has 6 heteroatoms. The SMILES string of the molecule is CN1CCc2nc3cc(C(=O)NC4CCCCC4)ccc3c(=O)n2CC1. The third-order valence-electron chi connectivity index (χ3n) is 5.66. The Morgan fingerprint density at radius 2 is 1.96 bits per heavy atom. The summed E-state index contributed by atoms with van der Waals surface area (Å²) in [5.41, 5.74) is 1.22. The molecule has 0 radical (unpaired) electrons. The summed E-state index contributed by atoms with van der Waals surface area (Å²) in [5.74, 6) is 0.757. The smallest absolute Gasteiger partial charge is 0.261 e. The fourth-order valence-corrected chi connectivity index (χ4v) is 4.02. The molecular formula is C20H26N4O2. The van der Waals surface area contributed by atoms with Gasteiger partial charge in [0.05, 0.1) is 10.9 Å². The molecule has 1 aromatic heterocycles. The first-order chi connectivity index (χ1) is 12.6. The van der Waals surface area contributed by atoms with Crippen molar-refractivity contribution < 1.29 is 4.79 Å². The summed E-state index contributed by atoms with van der Waals surface area (Å²) in [5, 5.41) is 3.73. The van der Waals surface area contributed by atoms with Crippen LogP contribution in [-0.2, 0) is 13.0 Å². The van der Waals surface area contributed by atoms with Gasteiger partial charge in [-0.05, 0) is 38.1 Å². The summed E-state index contributed by atoms with van der Waals surface area (Å²) in [6.07, 6.45) is 6.49. The Bertz CT molecular complexity index is 883. The lowest BCUT2D eigenvalue weighted by molar-refractivity contribution is 0.0928. The van der Waals surface area contributed by atoms with E-state index in [1.54, 1.807) is 22.8 Å². The van der Waals surface area contributed by atoms with E-state index in [1.807, 2.05) is 0 Å². The first kappa shape index (κ1) is 17.2. The van der Waals surface area contributed by atoms with Gasteiger partial charge in [0.1, 0.15) is 5.82 Å². The Labute approximate surface area is 153 Å². The maximum absolute atomic E-state index is 12.8. The lowest BCUT2D eigenvalue weighted by Gasteiger charge is -2.22. The summed E-state index contributed by atoms with van der Waals surface area (Å²) in [4.78, 5) is 32.4. The molecule has 1 N–H and O–H groups in total. The Kier molecular flexibility index (Phi) is 4.76. The highest BCUT2D eigenvalue weighted by Crippen LogP contribution is 2.19. The molecule has 2 heterocycles. The van der Waals surface area contributed by atoms with Crippen molar-refractivity contribution in [3.05, 3.63) is 39.9 Å². The molecule has 1 saturated carbocycles. The molecular weight excluding hydrogens is 328 g/mol. The minimum atomic E-state index is -0.0598. The monoisotopic (exact) mass is 354 g/mol. The van der Waals surface area contributed by atoms with Gasteiger partial charge in [0, 0.05) is 37.7 Å². The quantitative estimate of drug-likeness (QED) is 0.895. The van der Waals surface area contributed by atoms with Crippen molar-refractivity contribution in [2.24, 2.45) is 0 Å². The van der Waals surface area contributed by atoms with Gasteiger partial charge in [0.2, 0.25) is 0 Å². The van der Waals surface area contributed by atoms with Gasteiger partial charge >= 0.3 is 0 Å². The molecule has 4 rings (SSSR count). The molecule has 1 aliphatic carbocycles. The number of amides is 1. The lowest BCUT2D eigenvalue weighted by Crippen LogP contribution is -2.36. The number of benzene rings is 1. The van der Waals surface area contributed by atoms with Crippen LogP contribution in [0.2, 0.25) is 0 Å². The molecule has 0 spiro atoms. The number of likely N-dealkylation sites (N-methyl/N-ethyl adjacent to an activating group) is 1. The molecule has 0 saturated heterocycles. The van der Waals surface area contributed by atoms with E-state index in [4.69, 9.17) is 4.98 Å². The van der Waals surface area contributed by atoms with Crippen molar-refractivity contribution in [2.75, 3.05) is 20.1 Å². The number of aromatic nitrogens is 2. The average molecular weight is 354 g/mol. The molecule has 138 valence electrons. The lowest BCUT2D eigenvalue weighted by atomic mass is 9.95. The second kappa shape index (κ2) is 7.19. The fraction of sp³-hybridized carbons (Fsp3) is 0.550. The number of hydrogen-bond acceptors (Lipinski definition) is 4. The topological polar surface area (TPSA) is 67.2 Å². The fourth-order valence-electron chi connectivity index (χ4n) is 4.02. The Morgan fingerprint density at radius 3 is 2.77 bits per heavy atom. The van der Waals surface area contributed by atoms with Crippen molar-refractivity contribution in [1.82, 2.24) is 19.8 Å². The van der Waals surface area contributed by atoms with Crippen LogP contribution < -0.4 is 10.9 Å². The van der Waals surface area contributed by atoms with Crippen LogP contribution in [0, 0.1) is 0 Å². The van der Waals surface area contributed by atoms with Gasteiger partial charge in [-0.1, -0.05) is 19.3 Å². The first-order valence-corrected chi connectivity index (χ1v) is 9.65. The molecule has 0 unspecified atom stereocenters. The summed E-state index contributed by atoms with van der Waals surface area (Å²) in [6.45, 7) is 2.40. The number of carbonyl (C=O) groups excluding carboxylic acids is 1. The average Bonchev–Trinajstić information content (AvgIpc) is 2.84. The summed E-state index contributed by atoms with van der Waals surface area (Å²) < 4.78 is 1.79. The Morgan fingerprint density at radius 1 is 1.15 bits per heavy atom. The Hall–Kier alpha value is -2.21. The van der Waals surface area contributed by atoms with Gasteiger partial charge in [0.15, 0.2) is 0 Å². The van der Waals surface area contributed by atoms with Gasteiger partial charge in [-0.3, -0.25) is 14.2 Å². The third-order valence-corrected chi connectivity index (χ3v) is 5.66. The van der Waals surface area contributed by atoms with Crippen LogP contribution in [0.15, 0.2) is 23.0 Å². The molecule has 0 atom stereocenters. The highest BCUT2D eigenvalue weighted by Gasteiger charge is 2.19. The van der Waals surface area contributed by atoms with E-state index < -0.39 is 0 Å². The second-order valence-corrected chi connectivity index (χ2v) is 7.58. The van der Waals surface area contributed by atoms with Crippen molar-refractivity contribution in [1.29, 1.82) is 0 Å². The highest BCUT2D eigenvalue weighted by molar-refractivity contribution is 5.97. The van der Waals surface area contributed by atoms with Crippen LogP contribution in [0.5, 0.6) is 0 Å². The molecule has 26 heavy (non-hydrogen) atoms. The zero-order chi connectivity index (χ0) is 18.1. The molecule has 1 amide bonds. The molecule has 0 bridgehead atoms. The molecule has 1 aromatic carbocycles. The minimum absolute atomic E-state index is 0.000427. The maximum atomic E-state index is 12.8. The van der Waals surface area contributed by atoms with E-state index in [1.165, 1.54) is 19.3 Å². The predicted molar refractivity (Wildman–Crippen MR) is 102 cm³/mol. The molecule has 2 aliphatic rings. The van der Waals surface area contributed by atoms with Gasteiger partial charge in [-0.2, -0.15) is 0 Å². The third kappa shape index (κ3) is 3.38. The van der Waals surface area contributed by atoms with E-state index in [-0.39, 0.29) is 17.5 Å². The number of fused-ring (bicyclic) bond motifs is 2. The predicted octanol–water partition coefficient (Wildman–Crippen LogP) is 1.95. The molecule has 1 aliphatic heterocycles. The van der Waals surface area contributed by atoms with Crippen LogP contribution in [0.1, 0.15) is 48.3 Å². The van der Waals surface area contributed by atoms with Crippen LogP contribution in [0.4, 0.5) is 0 Å². The highest BCUT2D eigenvalue weighted by atomic mass is 16.1. The minimum Gasteiger partial charge on any atom is -0.349 e. The van der Waals surface area contributed by atoms with Gasteiger partial charge in [-0.25, -0.2) is 4.98 Å². The number of hydrogen-bond donors (Lipinski definition) is 1. The van der Waals surface area contributed by atoms with Crippen LogP contribution >= 0.6 is 0 Å². The van der Waals surface area contributed by atoms with Gasteiger partial charge < -0.3 is 10.2 Å². The van der Waals surface area contributed by atoms with E-state index in [0.717, 1.165) is 38.2 Å². The van der Waals surface area contributed by atoms with Crippen LogP contribution in [0.3, 0.4) is 0 Å². The standard InChI is InChI=1S/C20H26N4O2/c1-23-10-9-18-22-17-13-14(19(25)21-15-5-3-2-4-6-15)7-8-16(17)20(26)24(18)12-11-23/h7-8,13,15H,2-6,9-12H2,1H3,(H,21,25). The van der Waals surface area contributed by atoms with Crippen molar-refractivity contribution in [2.45, 2.75) is 51.1 Å². The number of nitrogens with zero attached hydrogens (tertiary/aromatic N) is 3.